The molecule has 0 spiro atoms. The first-order valence-corrected chi connectivity index (χ1v) is 5.39. The van der Waals surface area contributed by atoms with Crippen LogP contribution in [0.25, 0.3) is 0 Å². The minimum absolute atomic E-state index is 0.202. The lowest BCUT2D eigenvalue weighted by Crippen LogP contribution is -2.37. The summed E-state index contributed by atoms with van der Waals surface area (Å²) in [5.74, 6) is 0. The Morgan fingerprint density at radius 1 is 1.45 bits per heavy atom. The van der Waals surface area contributed by atoms with E-state index in [1.165, 1.54) is 0 Å². The highest BCUT2D eigenvalue weighted by Crippen LogP contribution is 2.43. The van der Waals surface area contributed by atoms with Gasteiger partial charge in [0.05, 0.1) is 21.1 Å². The van der Waals surface area contributed by atoms with Crippen LogP contribution >= 0.6 is 7.68 Å². The van der Waals surface area contributed by atoms with Gasteiger partial charge in [0.1, 0.15) is 13.2 Å². The van der Waals surface area contributed by atoms with Gasteiger partial charge < -0.3 is 4.48 Å². The molecular weight excluding hydrogens is 168 g/mol. The molecule has 68 valence electrons. The molecule has 0 aromatic heterocycles. The van der Waals surface area contributed by atoms with Gasteiger partial charge in [-0.15, -0.1) is 0 Å². The van der Waals surface area contributed by atoms with Crippen LogP contribution in [0.2, 0.25) is 0 Å². The highest BCUT2D eigenvalue weighted by atomic mass is 31.2. The Kier molecular flexibility index (Phi) is 3.68. The molecule has 3 nitrogen and oxygen atoms in total. The van der Waals surface area contributed by atoms with E-state index in [4.69, 9.17) is 0 Å². The van der Waals surface area contributed by atoms with E-state index in [1.54, 1.807) is 0 Å². The van der Waals surface area contributed by atoms with E-state index >= 15 is 0 Å². The number of nitrogens with zero attached hydrogens (tertiary/aromatic N) is 1. The zero-order valence-electron chi connectivity index (χ0n) is 7.50. The van der Waals surface area contributed by atoms with Crippen LogP contribution in [-0.4, -0.2) is 45.4 Å². The Labute approximate surface area is 67.3 Å². The number of rotatable bonds is 4. The number of halogens is 1. The van der Waals surface area contributed by atoms with Crippen LogP contribution in [0.3, 0.4) is 0 Å². The molecule has 5 heteroatoms. The maximum Gasteiger partial charge on any atom is 0.364 e. The molecule has 0 aliphatic rings. The molecule has 0 saturated heterocycles. The van der Waals surface area contributed by atoms with Crippen LogP contribution in [0.5, 0.6) is 0 Å². The van der Waals surface area contributed by atoms with Crippen LogP contribution < -0.4 is 0 Å². The van der Waals surface area contributed by atoms with Gasteiger partial charge in [-0.3, -0.25) is 9.09 Å². The van der Waals surface area contributed by atoms with Gasteiger partial charge >= 0.3 is 7.68 Å². The van der Waals surface area contributed by atoms with Crippen LogP contribution in [0.4, 0.5) is 4.20 Å². The van der Waals surface area contributed by atoms with E-state index in [-0.39, 0.29) is 6.61 Å². The van der Waals surface area contributed by atoms with Gasteiger partial charge in [-0.05, 0) is 0 Å². The van der Waals surface area contributed by atoms with Gasteiger partial charge in [0.2, 0.25) is 0 Å². The van der Waals surface area contributed by atoms with Crippen molar-refractivity contribution in [3.63, 3.8) is 0 Å². The molecule has 0 aliphatic heterocycles. The predicted molar refractivity (Wildman–Crippen MR) is 43.5 cm³/mol. The van der Waals surface area contributed by atoms with E-state index < -0.39 is 7.68 Å². The van der Waals surface area contributed by atoms with Gasteiger partial charge in [0.25, 0.3) is 0 Å². The molecular formula is C6H16FNO2P+. The Bertz CT molecular complexity index is 160. The third-order valence-corrected chi connectivity index (χ3v) is 1.73. The first-order valence-electron chi connectivity index (χ1n) is 3.43. The molecule has 11 heavy (non-hydrogen) atoms. The zero-order chi connectivity index (χ0) is 9.12. The summed E-state index contributed by atoms with van der Waals surface area (Å²) in [5, 5.41) is 0. The molecule has 0 aliphatic carbocycles. The number of hydrogen-bond acceptors (Lipinski definition) is 2. The second-order valence-electron chi connectivity index (χ2n) is 3.59. The summed E-state index contributed by atoms with van der Waals surface area (Å²) in [6, 6.07) is 0. The smallest absolute Gasteiger partial charge is 0.329 e. The molecule has 0 saturated carbocycles. The second-order valence-corrected chi connectivity index (χ2v) is 5.35. The molecule has 0 bridgehead atoms. The number of quaternary nitrogens is 1. The van der Waals surface area contributed by atoms with E-state index in [0.29, 0.717) is 11.0 Å². The van der Waals surface area contributed by atoms with E-state index in [0.717, 1.165) is 6.66 Å². The summed E-state index contributed by atoms with van der Waals surface area (Å²) in [6.45, 7) is 1.83. The molecule has 0 amide bonds. The van der Waals surface area contributed by atoms with Crippen LogP contribution in [0.15, 0.2) is 0 Å². The monoisotopic (exact) mass is 184 g/mol. The van der Waals surface area contributed by atoms with Gasteiger partial charge in [-0.25, -0.2) is 0 Å². The van der Waals surface area contributed by atoms with Gasteiger partial charge in [0.15, 0.2) is 0 Å². The molecule has 1 unspecified atom stereocenters. The Hall–Kier alpha value is 0.0800. The molecule has 0 fully saturated rings. The molecule has 0 N–H and O–H groups in total. The summed E-state index contributed by atoms with van der Waals surface area (Å²) in [4.78, 5) is 0. The summed E-state index contributed by atoms with van der Waals surface area (Å²) < 4.78 is 27.9. The van der Waals surface area contributed by atoms with E-state index in [9.17, 15) is 8.76 Å². The fourth-order valence-corrected chi connectivity index (χ4v) is 0.886. The fraction of sp³-hybridized carbons (Fsp3) is 1.00. The van der Waals surface area contributed by atoms with Crippen molar-refractivity contribution in [2.45, 2.75) is 0 Å². The molecule has 0 aromatic rings. The first-order chi connectivity index (χ1) is 4.71. The topological polar surface area (TPSA) is 26.3 Å². The summed E-state index contributed by atoms with van der Waals surface area (Å²) in [7, 11) is 2.12. The van der Waals surface area contributed by atoms with Crippen molar-refractivity contribution in [2.75, 3.05) is 41.0 Å². The standard InChI is InChI=1S/C6H16FNO2P/c1-8(2,3)5-6-10-11(4,7)9/h5-6H2,1-4H3/q+1. The van der Waals surface area contributed by atoms with Crippen molar-refractivity contribution >= 4 is 7.68 Å². The van der Waals surface area contributed by atoms with Gasteiger partial charge in [-0.2, -0.15) is 4.20 Å². The third-order valence-electron chi connectivity index (χ3n) is 1.08. The van der Waals surface area contributed by atoms with Crippen LogP contribution in [-0.2, 0) is 9.09 Å². The average Bonchev–Trinajstić information content (AvgIpc) is 1.55. The quantitative estimate of drug-likeness (QED) is 0.489. The van der Waals surface area contributed by atoms with E-state index in [1.807, 2.05) is 21.1 Å². The normalized spacial score (nSPS) is 17.9. The Morgan fingerprint density at radius 2 is 1.91 bits per heavy atom. The van der Waals surface area contributed by atoms with Gasteiger partial charge in [0, 0.05) is 6.66 Å². The van der Waals surface area contributed by atoms with Crippen molar-refractivity contribution in [3.05, 3.63) is 0 Å². The SMILES string of the molecule is C[N+](C)(C)CCOP(C)(=O)F. The highest BCUT2D eigenvalue weighted by molar-refractivity contribution is 7.52. The van der Waals surface area contributed by atoms with Crippen LogP contribution in [0.1, 0.15) is 0 Å². The minimum Gasteiger partial charge on any atom is -0.329 e. The Morgan fingerprint density at radius 3 is 2.18 bits per heavy atom. The third kappa shape index (κ3) is 10.1. The summed E-state index contributed by atoms with van der Waals surface area (Å²) in [6.07, 6.45) is 0. The maximum atomic E-state index is 12.3. The number of hydrogen-bond donors (Lipinski definition) is 0. The van der Waals surface area contributed by atoms with Crippen molar-refractivity contribution < 1.29 is 17.8 Å². The molecule has 1 atom stereocenters. The van der Waals surface area contributed by atoms with Crippen molar-refractivity contribution in [2.24, 2.45) is 0 Å². The van der Waals surface area contributed by atoms with Crippen LogP contribution in [0, 0.1) is 0 Å². The molecule has 0 rings (SSSR count). The average molecular weight is 184 g/mol. The largest absolute Gasteiger partial charge is 0.364 e. The van der Waals surface area contributed by atoms with E-state index in [2.05, 4.69) is 4.52 Å². The Balaban J connectivity index is 3.52. The van der Waals surface area contributed by atoms with Crippen molar-refractivity contribution in [1.82, 2.24) is 0 Å². The predicted octanol–water partition coefficient (Wildman–Crippen LogP) is 1.50. The highest BCUT2D eigenvalue weighted by Gasteiger charge is 2.15. The van der Waals surface area contributed by atoms with Gasteiger partial charge in [-0.1, -0.05) is 0 Å². The fourth-order valence-electron chi connectivity index (χ4n) is 0.478. The lowest BCUT2D eigenvalue weighted by Gasteiger charge is -2.23. The molecule has 0 heterocycles. The van der Waals surface area contributed by atoms with Crippen molar-refractivity contribution in [1.29, 1.82) is 0 Å². The zero-order valence-corrected chi connectivity index (χ0v) is 8.40. The van der Waals surface area contributed by atoms with Crippen molar-refractivity contribution in [3.8, 4) is 0 Å². The number of likely N-dealkylation sites (N-methyl/N-ethyl adjacent to an activating group) is 1. The summed E-state index contributed by atoms with van der Waals surface area (Å²) in [5.41, 5.74) is 0. The lowest BCUT2D eigenvalue weighted by atomic mass is 10.5. The lowest BCUT2D eigenvalue weighted by molar-refractivity contribution is -0.870. The summed E-state index contributed by atoms with van der Waals surface area (Å²) >= 11 is 0. The maximum absolute atomic E-state index is 12.3. The molecule has 0 aromatic carbocycles. The first kappa shape index (κ1) is 11.1. The second kappa shape index (κ2) is 3.65. The molecule has 0 radical (unpaired) electrons. The minimum atomic E-state index is -3.76.